The van der Waals surface area contributed by atoms with Crippen molar-refractivity contribution in [2.75, 3.05) is 6.61 Å². The molecule has 0 unspecified atom stereocenters. The zero-order chi connectivity index (χ0) is 27.6. The first-order chi connectivity index (χ1) is 18.6. The van der Waals surface area contributed by atoms with Gasteiger partial charge < -0.3 is 14.3 Å². The Morgan fingerprint density at radius 1 is 1.10 bits per heavy atom. The van der Waals surface area contributed by atoms with E-state index in [4.69, 9.17) is 9.47 Å². The summed E-state index contributed by atoms with van der Waals surface area (Å²) in [6.45, 7) is 8.10. The summed E-state index contributed by atoms with van der Waals surface area (Å²) in [5.74, 6) is -3.21. The molecule has 0 aromatic heterocycles. The van der Waals surface area contributed by atoms with Crippen LogP contribution in [0.25, 0.3) is 16.8 Å². The molecule has 0 amide bonds. The Hall–Kier alpha value is -3.80. The Bertz CT molecular complexity index is 1480. The molecule has 4 aliphatic rings. The lowest BCUT2D eigenvalue weighted by Crippen LogP contribution is -2.66. The van der Waals surface area contributed by atoms with Crippen molar-refractivity contribution in [3.05, 3.63) is 78.4 Å². The van der Waals surface area contributed by atoms with Gasteiger partial charge in [-0.25, -0.2) is 4.79 Å². The molecule has 0 radical (unpaired) electrons. The van der Waals surface area contributed by atoms with Crippen LogP contribution in [0.5, 0.6) is 0 Å². The highest BCUT2D eigenvalue weighted by molar-refractivity contribution is 6.16. The van der Waals surface area contributed by atoms with Crippen molar-refractivity contribution >= 4 is 40.9 Å². The lowest BCUT2D eigenvalue weighted by Gasteiger charge is -2.58. The van der Waals surface area contributed by atoms with Crippen molar-refractivity contribution in [2.45, 2.75) is 39.2 Å². The fourth-order valence-electron chi connectivity index (χ4n) is 7.91. The fraction of sp³-hybridized carbons (Fsp3) is 0.394. The van der Waals surface area contributed by atoms with Crippen LogP contribution in [0.15, 0.2) is 72.8 Å². The molecule has 2 aromatic carbocycles. The molecule has 39 heavy (non-hydrogen) atoms. The molecule has 200 valence electrons. The number of fused-ring (bicyclic) bond motifs is 3. The van der Waals surface area contributed by atoms with Gasteiger partial charge in [0.2, 0.25) is 0 Å². The molecule has 3 aliphatic carbocycles. The fourth-order valence-corrected chi connectivity index (χ4v) is 7.91. The highest BCUT2D eigenvalue weighted by atomic mass is 16.6. The maximum atomic E-state index is 13.9. The van der Waals surface area contributed by atoms with Crippen molar-refractivity contribution in [2.24, 2.45) is 34.0 Å². The Morgan fingerprint density at radius 2 is 1.87 bits per heavy atom. The van der Waals surface area contributed by atoms with E-state index in [0.717, 1.165) is 22.6 Å². The standard InChI is InChI=1S/C33H32O6/c1-20-24-12-13-25-32(16-6-15-31(2,3)26(32)18-34)19-38-30(37)33(25,28(20)36)29(24)39-27(35)14-10-21-9-11-22-7-4-5-8-23(22)17-21/h4-11,14,16-18,24-26,29H,1,12-13,15,19H2,2-3H3/b14-10+/t24-,25-,26+,29+,32+,33-/m0/s1. The number of ketones is 1. The van der Waals surface area contributed by atoms with Gasteiger partial charge in [-0.3, -0.25) is 9.59 Å². The predicted octanol–water partition coefficient (Wildman–Crippen LogP) is 5.26. The van der Waals surface area contributed by atoms with E-state index < -0.39 is 52.4 Å². The van der Waals surface area contributed by atoms with Gasteiger partial charge in [0.05, 0.1) is 0 Å². The van der Waals surface area contributed by atoms with Crippen LogP contribution in [-0.4, -0.2) is 36.7 Å². The van der Waals surface area contributed by atoms with Crippen LogP contribution in [0.4, 0.5) is 0 Å². The molecule has 3 fully saturated rings. The number of hydrogen-bond acceptors (Lipinski definition) is 6. The molecule has 2 aromatic rings. The molecule has 1 aliphatic heterocycles. The van der Waals surface area contributed by atoms with E-state index in [9.17, 15) is 19.2 Å². The molecule has 0 N–H and O–H groups in total. The molecule has 1 heterocycles. The number of carbonyl (C=O) groups excluding carboxylic acids is 4. The van der Waals surface area contributed by atoms with Crippen molar-refractivity contribution in [1.29, 1.82) is 0 Å². The average molecular weight is 525 g/mol. The van der Waals surface area contributed by atoms with Crippen molar-refractivity contribution < 1.29 is 28.7 Å². The Kier molecular flexibility index (Phi) is 5.79. The van der Waals surface area contributed by atoms with E-state index in [1.165, 1.54) is 6.08 Å². The van der Waals surface area contributed by atoms with Crippen LogP contribution >= 0.6 is 0 Å². The number of hydrogen-bond donors (Lipinski definition) is 0. The van der Waals surface area contributed by atoms with Gasteiger partial charge in [0.15, 0.2) is 11.2 Å². The van der Waals surface area contributed by atoms with Gasteiger partial charge in [0.1, 0.15) is 19.0 Å². The summed E-state index contributed by atoms with van der Waals surface area (Å²) < 4.78 is 11.8. The Morgan fingerprint density at radius 3 is 2.64 bits per heavy atom. The Labute approximate surface area is 227 Å². The average Bonchev–Trinajstić information content (AvgIpc) is 3.03. The summed E-state index contributed by atoms with van der Waals surface area (Å²) >= 11 is 0. The highest BCUT2D eigenvalue weighted by Gasteiger charge is 2.76. The Balaban J connectivity index is 1.36. The minimum atomic E-state index is -1.70. The van der Waals surface area contributed by atoms with Crippen LogP contribution < -0.4 is 0 Å². The smallest absolute Gasteiger partial charge is 0.331 e. The molecular formula is C33H32O6. The normalized spacial score (nSPS) is 34.8. The van der Waals surface area contributed by atoms with E-state index >= 15 is 0 Å². The van der Waals surface area contributed by atoms with Crippen molar-refractivity contribution in [3.8, 4) is 0 Å². The van der Waals surface area contributed by atoms with Crippen LogP contribution in [0.3, 0.4) is 0 Å². The van der Waals surface area contributed by atoms with Gasteiger partial charge in [-0.05, 0) is 64.6 Å². The number of ether oxygens (including phenoxy) is 2. The van der Waals surface area contributed by atoms with Gasteiger partial charge in [-0.2, -0.15) is 0 Å². The van der Waals surface area contributed by atoms with Crippen LogP contribution in [0.1, 0.15) is 38.7 Å². The summed E-state index contributed by atoms with van der Waals surface area (Å²) in [6, 6.07) is 13.8. The van der Waals surface area contributed by atoms with Crippen molar-refractivity contribution in [1.82, 2.24) is 0 Å². The topological polar surface area (TPSA) is 86.7 Å². The zero-order valence-corrected chi connectivity index (χ0v) is 22.2. The van der Waals surface area contributed by atoms with Crippen LogP contribution in [-0.2, 0) is 28.7 Å². The number of benzene rings is 2. The van der Waals surface area contributed by atoms with E-state index in [0.29, 0.717) is 24.8 Å². The van der Waals surface area contributed by atoms with Crippen molar-refractivity contribution in [3.63, 3.8) is 0 Å². The molecular weight excluding hydrogens is 492 g/mol. The number of carbonyl (C=O) groups is 4. The molecule has 6 heteroatoms. The molecule has 1 saturated heterocycles. The first-order valence-corrected chi connectivity index (χ1v) is 13.6. The van der Waals surface area contributed by atoms with E-state index in [1.807, 2.05) is 68.5 Å². The van der Waals surface area contributed by atoms with E-state index in [1.54, 1.807) is 6.08 Å². The minimum absolute atomic E-state index is 0.0224. The second-order valence-electron chi connectivity index (χ2n) is 12.2. The summed E-state index contributed by atoms with van der Waals surface area (Å²) in [7, 11) is 0. The number of rotatable bonds is 4. The second kappa shape index (κ2) is 8.87. The molecule has 2 saturated carbocycles. The number of aldehydes is 1. The summed E-state index contributed by atoms with van der Waals surface area (Å²) in [4.78, 5) is 53.3. The monoisotopic (exact) mass is 524 g/mol. The van der Waals surface area contributed by atoms with Gasteiger partial charge in [0, 0.05) is 23.3 Å². The van der Waals surface area contributed by atoms with Gasteiger partial charge >= 0.3 is 11.9 Å². The lowest BCUT2D eigenvalue weighted by atomic mass is 9.46. The van der Waals surface area contributed by atoms with E-state index in [-0.39, 0.29) is 12.0 Å². The van der Waals surface area contributed by atoms with Crippen LogP contribution in [0, 0.1) is 34.0 Å². The van der Waals surface area contributed by atoms with Gasteiger partial charge in [0.25, 0.3) is 0 Å². The maximum Gasteiger partial charge on any atom is 0.331 e. The third kappa shape index (κ3) is 3.53. The first-order valence-electron chi connectivity index (χ1n) is 13.6. The predicted molar refractivity (Wildman–Crippen MR) is 146 cm³/mol. The quantitative estimate of drug-likeness (QED) is 0.178. The maximum absolute atomic E-state index is 13.9. The largest absolute Gasteiger partial charge is 0.464 e. The molecule has 6 atom stereocenters. The number of Topliss-reactive ketones (excluding diaryl/α,β-unsaturated/α-hetero) is 1. The first kappa shape index (κ1) is 25.5. The SMILES string of the molecule is C=C1C(=O)[C@@]23C(=O)OC[C@]4(C=CCC(C)(C)[C@H]4C=O)[C@@H]2CC[C@@H]1[C@H]3OC(=O)/C=C/c1ccc2ccccc2c1. The second-order valence-corrected chi connectivity index (χ2v) is 12.2. The molecule has 2 spiro atoms. The molecule has 2 bridgehead atoms. The third-order valence-corrected chi connectivity index (χ3v) is 9.74. The zero-order valence-electron chi connectivity index (χ0n) is 22.2. The molecule has 6 nitrogen and oxygen atoms in total. The summed E-state index contributed by atoms with van der Waals surface area (Å²) in [6.07, 6.45) is 8.70. The number of cyclic esters (lactones) is 1. The third-order valence-electron chi connectivity index (χ3n) is 9.74. The minimum Gasteiger partial charge on any atom is -0.464 e. The highest BCUT2D eigenvalue weighted by Crippen LogP contribution is 2.67. The summed E-state index contributed by atoms with van der Waals surface area (Å²) in [5, 5.41) is 2.14. The number of allylic oxidation sites excluding steroid dienone is 1. The van der Waals surface area contributed by atoms with Gasteiger partial charge in [-0.15, -0.1) is 0 Å². The lowest BCUT2D eigenvalue weighted by molar-refractivity contribution is -0.215. The van der Waals surface area contributed by atoms with Crippen LogP contribution in [0.2, 0.25) is 0 Å². The summed E-state index contributed by atoms with van der Waals surface area (Å²) in [5.41, 5.74) is -1.82. The number of esters is 2. The van der Waals surface area contributed by atoms with Gasteiger partial charge in [-0.1, -0.05) is 69.0 Å². The van der Waals surface area contributed by atoms with E-state index in [2.05, 4.69) is 6.58 Å². The molecule has 6 rings (SSSR count).